The van der Waals surface area contributed by atoms with Gasteiger partial charge in [-0.2, -0.15) is 13.2 Å². The number of ether oxygens (including phenoxy) is 1. The van der Waals surface area contributed by atoms with E-state index in [1.54, 1.807) is 6.92 Å². The third kappa shape index (κ3) is 4.87. The predicted octanol–water partition coefficient (Wildman–Crippen LogP) is 5.23. The molecule has 1 amide bonds. The summed E-state index contributed by atoms with van der Waals surface area (Å²) >= 11 is 1.26. The van der Waals surface area contributed by atoms with Crippen molar-refractivity contribution in [3.63, 3.8) is 0 Å². The van der Waals surface area contributed by atoms with Gasteiger partial charge in [0.25, 0.3) is 5.91 Å². The van der Waals surface area contributed by atoms with Crippen molar-refractivity contribution in [3.05, 3.63) is 39.3 Å². The summed E-state index contributed by atoms with van der Waals surface area (Å²) in [6.45, 7) is 9.90. The van der Waals surface area contributed by atoms with E-state index in [1.165, 1.54) is 17.4 Å². The van der Waals surface area contributed by atoms with Gasteiger partial charge in [-0.15, -0.1) is 11.3 Å². The van der Waals surface area contributed by atoms with Gasteiger partial charge in [0.2, 0.25) is 0 Å². The number of hydrogen-bond donors (Lipinski definition) is 2. The molecule has 0 atom stereocenters. The first-order chi connectivity index (χ1) is 14.2. The van der Waals surface area contributed by atoms with E-state index in [4.69, 9.17) is 4.74 Å². The van der Waals surface area contributed by atoms with Gasteiger partial charge in [-0.05, 0) is 65.5 Å². The predicted molar refractivity (Wildman–Crippen MR) is 114 cm³/mol. The van der Waals surface area contributed by atoms with E-state index in [-0.39, 0.29) is 36.1 Å². The maximum atomic E-state index is 13.1. The van der Waals surface area contributed by atoms with Gasteiger partial charge in [-0.25, -0.2) is 4.79 Å². The molecule has 2 aliphatic rings. The van der Waals surface area contributed by atoms with E-state index < -0.39 is 29.2 Å². The quantitative estimate of drug-likeness (QED) is 0.609. The average Bonchev–Trinajstić information content (AvgIpc) is 2.98. The summed E-state index contributed by atoms with van der Waals surface area (Å²) in [7, 11) is 0. The molecule has 3 rings (SSSR count). The number of amides is 1. The van der Waals surface area contributed by atoms with Crippen LogP contribution >= 0.6 is 11.3 Å². The van der Waals surface area contributed by atoms with Crippen LogP contribution in [0.4, 0.5) is 18.2 Å². The van der Waals surface area contributed by atoms with Crippen molar-refractivity contribution >= 4 is 28.2 Å². The highest BCUT2D eigenvalue weighted by atomic mass is 32.1. The standard InChI is InChI=1S/C22H27F3N2O3S/c1-6-30-19(29)15-14-11-20(2,3)27-21(4,5)16(14)31-18(15)26-17(28)12-8-7-9-13(10-12)22(23,24)25/h8,10,27H,6-7,9,11H2,1-5H3,(H,26,28). The molecule has 1 aromatic heterocycles. The van der Waals surface area contributed by atoms with Gasteiger partial charge in [0.05, 0.1) is 12.2 Å². The zero-order valence-electron chi connectivity index (χ0n) is 18.3. The fourth-order valence-corrected chi connectivity index (χ4v) is 5.55. The van der Waals surface area contributed by atoms with Gasteiger partial charge in [-0.3, -0.25) is 4.79 Å². The minimum absolute atomic E-state index is 0.0579. The van der Waals surface area contributed by atoms with Crippen LogP contribution in [0.5, 0.6) is 0 Å². The molecular formula is C22H27F3N2O3S. The number of alkyl halides is 3. The number of carbonyl (C=O) groups excluding carboxylic acids is 2. The average molecular weight is 457 g/mol. The van der Waals surface area contributed by atoms with Crippen LogP contribution < -0.4 is 10.6 Å². The minimum atomic E-state index is -4.47. The molecule has 0 aromatic carbocycles. The van der Waals surface area contributed by atoms with Crippen molar-refractivity contribution in [1.29, 1.82) is 0 Å². The summed E-state index contributed by atoms with van der Waals surface area (Å²) in [6.07, 6.45) is -1.59. The number of fused-ring (bicyclic) bond motifs is 1. The monoisotopic (exact) mass is 456 g/mol. The van der Waals surface area contributed by atoms with Crippen molar-refractivity contribution < 1.29 is 27.5 Å². The highest BCUT2D eigenvalue weighted by Crippen LogP contribution is 2.45. The molecule has 0 radical (unpaired) electrons. The Morgan fingerprint density at radius 3 is 2.55 bits per heavy atom. The van der Waals surface area contributed by atoms with Gasteiger partial charge in [0, 0.05) is 27.1 Å². The van der Waals surface area contributed by atoms with Crippen LogP contribution in [0.2, 0.25) is 0 Å². The Hall–Kier alpha value is -2.13. The minimum Gasteiger partial charge on any atom is -0.462 e. The first kappa shape index (κ1) is 23.5. The van der Waals surface area contributed by atoms with Crippen molar-refractivity contribution in [2.45, 2.75) is 71.1 Å². The second-order valence-electron chi connectivity index (χ2n) is 8.96. The van der Waals surface area contributed by atoms with E-state index in [0.717, 1.165) is 16.5 Å². The lowest BCUT2D eigenvalue weighted by atomic mass is 9.81. The molecule has 1 aliphatic heterocycles. The molecule has 1 aliphatic carbocycles. The zero-order chi connectivity index (χ0) is 23.2. The van der Waals surface area contributed by atoms with Crippen LogP contribution in [0.3, 0.4) is 0 Å². The number of esters is 1. The molecule has 170 valence electrons. The van der Waals surface area contributed by atoms with Crippen molar-refractivity contribution in [1.82, 2.24) is 5.32 Å². The highest BCUT2D eigenvalue weighted by molar-refractivity contribution is 7.17. The number of hydrogen-bond acceptors (Lipinski definition) is 5. The molecule has 31 heavy (non-hydrogen) atoms. The summed E-state index contributed by atoms with van der Waals surface area (Å²) in [5.41, 5.74) is -0.456. The third-order valence-corrected chi connectivity index (χ3v) is 6.76. The molecule has 0 saturated carbocycles. The molecule has 0 saturated heterocycles. The summed E-state index contributed by atoms with van der Waals surface area (Å²) < 4.78 is 44.5. The van der Waals surface area contributed by atoms with E-state index in [9.17, 15) is 22.8 Å². The first-order valence-electron chi connectivity index (χ1n) is 10.2. The van der Waals surface area contributed by atoms with Crippen LogP contribution in [0.15, 0.2) is 23.3 Å². The van der Waals surface area contributed by atoms with Gasteiger partial charge < -0.3 is 15.4 Å². The number of anilines is 1. The Morgan fingerprint density at radius 2 is 1.94 bits per heavy atom. The number of nitrogens with one attached hydrogen (secondary N) is 2. The fourth-order valence-electron chi connectivity index (χ4n) is 4.29. The van der Waals surface area contributed by atoms with Gasteiger partial charge >= 0.3 is 12.1 Å². The molecular weight excluding hydrogens is 429 g/mol. The lowest BCUT2D eigenvalue weighted by molar-refractivity contribution is -0.112. The third-order valence-electron chi connectivity index (χ3n) is 5.28. The molecule has 9 heteroatoms. The summed E-state index contributed by atoms with van der Waals surface area (Å²) in [5, 5.41) is 6.52. The highest BCUT2D eigenvalue weighted by Gasteiger charge is 2.42. The van der Waals surface area contributed by atoms with Crippen molar-refractivity contribution in [2.75, 3.05) is 11.9 Å². The summed E-state index contributed by atoms with van der Waals surface area (Å²) in [4.78, 5) is 26.5. The molecule has 0 bridgehead atoms. The van der Waals surface area contributed by atoms with Crippen LogP contribution in [-0.2, 0) is 21.5 Å². The Kier molecular flexibility index (Phi) is 6.14. The Labute approximate surface area is 183 Å². The second-order valence-corrected chi connectivity index (χ2v) is 9.99. The number of thiophene rings is 1. The zero-order valence-corrected chi connectivity index (χ0v) is 19.1. The van der Waals surface area contributed by atoms with E-state index in [2.05, 4.69) is 10.6 Å². The Morgan fingerprint density at radius 1 is 1.26 bits per heavy atom. The molecule has 0 fully saturated rings. The van der Waals surface area contributed by atoms with Gasteiger partial charge in [0.15, 0.2) is 0 Å². The summed E-state index contributed by atoms with van der Waals surface area (Å²) in [6, 6.07) is 0. The number of allylic oxidation sites excluding steroid dienone is 2. The van der Waals surface area contributed by atoms with Crippen LogP contribution in [-0.4, -0.2) is 30.2 Å². The smallest absolute Gasteiger partial charge is 0.412 e. The number of carbonyl (C=O) groups is 2. The van der Waals surface area contributed by atoms with Crippen LogP contribution in [0, 0.1) is 0 Å². The van der Waals surface area contributed by atoms with E-state index in [1.807, 2.05) is 27.7 Å². The van der Waals surface area contributed by atoms with E-state index in [0.29, 0.717) is 11.4 Å². The lowest BCUT2D eigenvalue weighted by Crippen LogP contribution is -2.55. The molecule has 2 heterocycles. The topological polar surface area (TPSA) is 67.4 Å². The van der Waals surface area contributed by atoms with E-state index >= 15 is 0 Å². The van der Waals surface area contributed by atoms with Gasteiger partial charge in [0.1, 0.15) is 5.00 Å². The molecule has 0 unspecified atom stereocenters. The van der Waals surface area contributed by atoms with Crippen molar-refractivity contribution in [2.24, 2.45) is 0 Å². The number of halogens is 3. The maximum Gasteiger partial charge on any atom is 0.412 e. The van der Waals surface area contributed by atoms with Crippen molar-refractivity contribution in [3.8, 4) is 0 Å². The number of rotatable bonds is 4. The Bertz CT molecular complexity index is 971. The largest absolute Gasteiger partial charge is 0.462 e. The normalized spacial score (nSPS) is 19.7. The maximum absolute atomic E-state index is 13.1. The van der Waals surface area contributed by atoms with Crippen LogP contribution in [0.25, 0.3) is 0 Å². The molecule has 2 N–H and O–H groups in total. The Balaban J connectivity index is 2.01. The SMILES string of the molecule is CCOC(=O)c1c(NC(=O)C2=CCCC(C(F)(F)F)=C2)sc2c1CC(C)(C)NC2(C)C. The van der Waals surface area contributed by atoms with Crippen LogP contribution in [0.1, 0.15) is 68.3 Å². The first-order valence-corrected chi connectivity index (χ1v) is 11.0. The molecule has 5 nitrogen and oxygen atoms in total. The van der Waals surface area contributed by atoms with Gasteiger partial charge in [-0.1, -0.05) is 6.08 Å². The second kappa shape index (κ2) is 8.09. The summed E-state index contributed by atoms with van der Waals surface area (Å²) in [5.74, 6) is -1.22. The molecule has 0 spiro atoms. The fraction of sp³-hybridized carbons (Fsp3) is 0.545. The lowest BCUT2D eigenvalue weighted by Gasteiger charge is -2.42. The molecule has 1 aromatic rings.